The minimum Gasteiger partial charge on any atom is -0.665 e. The Morgan fingerprint density at radius 1 is 0.894 bits per heavy atom. The van der Waals surface area contributed by atoms with E-state index in [2.05, 4.69) is 84.5 Å². The van der Waals surface area contributed by atoms with Gasteiger partial charge in [-0.15, -0.1) is 0 Å². The largest absolute Gasteiger partial charge is 1.00 e. The first-order valence-corrected chi connectivity index (χ1v) is 16.4. The van der Waals surface area contributed by atoms with Crippen molar-refractivity contribution in [1.82, 2.24) is 5.32 Å². The van der Waals surface area contributed by atoms with Crippen molar-refractivity contribution in [2.24, 2.45) is 10.9 Å². The van der Waals surface area contributed by atoms with E-state index < -0.39 is 0 Å². The smallest absolute Gasteiger partial charge is 0.665 e. The van der Waals surface area contributed by atoms with Gasteiger partial charge in [-0.25, -0.2) is 0 Å². The average molecular weight is 659 g/mol. The molecule has 244 valence electrons. The van der Waals surface area contributed by atoms with Gasteiger partial charge in [-0.2, -0.15) is 13.6 Å². The van der Waals surface area contributed by atoms with E-state index in [9.17, 15) is 5.11 Å². The molecule has 0 unspecified atom stereocenters. The first-order chi connectivity index (χ1) is 22.5. The Hall–Kier alpha value is -2.75. The van der Waals surface area contributed by atoms with Crippen LogP contribution in [0.25, 0.3) is 11.0 Å². The molecule has 0 aliphatic carbocycles. The molecule has 4 aromatic carbocycles. The Labute approximate surface area is 325 Å². The zero-order valence-corrected chi connectivity index (χ0v) is 32.1. The van der Waals surface area contributed by atoms with E-state index in [0.29, 0.717) is 12.5 Å². The van der Waals surface area contributed by atoms with Crippen molar-refractivity contribution in [1.29, 1.82) is 0 Å². The summed E-state index contributed by atoms with van der Waals surface area (Å²) in [6.45, 7) is 9.93. The maximum absolute atomic E-state index is 9.53. The number of phenols is 1. The number of anilines is 1. The molecule has 0 radical (unpaired) electrons. The molecule has 47 heavy (non-hydrogen) atoms. The summed E-state index contributed by atoms with van der Waals surface area (Å²) < 4.78 is 5.99. The summed E-state index contributed by atoms with van der Waals surface area (Å²) in [5.41, 5.74) is 6.74. The van der Waals surface area contributed by atoms with Gasteiger partial charge in [0.2, 0.25) is 0 Å². The Morgan fingerprint density at radius 3 is 2.06 bits per heavy atom. The van der Waals surface area contributed by atoms with Gasteiger partial charge in [0.25, 0.3) is 0 Å². The third kappa shape index (κ3) is 16.8. The van der Waals surface area contributed by atoms with Crippen LogP contribution in [0.2, 0.25) is 0 Å². The number of phenolic OH excluding ortho intramolecular Hbond substituents is 1. The predicted molar refractivity (Wildman–Crippen MR) is 196 cm³/mol. The minimum absolute atomic E-state index is 0. The van der Waals surface area contributed by atoms with Crippen LogP contribution in [0.1, 0.15) is 48.9 Å². The number of benzene rings is 4. The van der Waals surface area contributed by atoms with Crippen LogP contribution in [0.15, 0.2) is 114 Å². The van der Waals surface area contributed by atoms with Gasteiger partial charge >= 0.3 is 51.4 Å². The molecule has 1 saturated heterocycles. The topological polar surface area (TPSA) is 80.0 Å². The summed E-state index contributed by atoms with van der Waals surface area (Å²) in [5.74, 6) is 1.59. The van der Waals surface area contributed by atoms with Crippen LogP contribution in [0.3, 0.4) is 0 Å². The van der Waals surface area contributed by atoms with Crippen LogP contribution in [-0.4, -0.2) is 44.6 Å². The number of hydrogen-bond donors (Lipinski definition) is 3. The van der Waals surface area contributed by atoms with E-state index >= 15 is 0 Å². The fourth-order valence-electron chi connectivity index (χ4n) is 4.57. The number of nitrogens with one attached hydrogen (secondary N) is 2. The summed E-state index contributed by atoms with van der Waals surface area (Å²) in [5, 5.41) is 20.0. The first kappa shape index (κ1) is 40.4. The second-order valence-electron chi connectivity index (χ2n) is 11.2. The average Bonchev–Trinajstić information content (AvgIpc) is 3.11. The number of aliphatic imine (C=N–C) groups is 1. The number of piperidine rings is 1. The first-order valence-electron chi connectivity index (χ1n) is 16.4. The molecular weight excluding hydrogens is 608 g/mol. The minimum atomic E-state index is 0. The fraction of sp³-hybridized carbons (Fsp3) is 0.325. The van der Waals surface area contributed by atoms with Crippen molar-refractivity contribution in [3.05, 3.63) is 137 Å². The van der Waals surface area contributed by atoms with Crippen molar-refractivity contribution < 1.29 is 61.2 Å². The quantitative estimate of drug-likeness (QED) is 0.104. The molecule has 0 spiro atoms. The van der Waals surface area contributed by atoms with Crippen molar-refractivity contribution in [3.8, 4) is 11.5 Å². The molecule has 1 aliphatic heterocycles. The monoisotopic (exact) mass is 658 g/mol. The SMILES string of the molecule is CC[N-]C.CCc1ccc(CCOc2ccc(/C(=C/Nc3ccc(O)cc3)N=CC3CCNCC3)cc2)cc1.Cc1ccccc1.[K+]. The summed E-state index contributed by atoms with van der Waals surface area (Å²) >= 11 is 0. The number of aromatic hydroxyl groups is 1. The number of rotatable bonds is 11. The molecule has 6 nitrogen and oxygen atoms in total. The zero-order valence-electron chi connectivity index (χ0n) is 29.0. The molecule has 0 saturated carbocycles. The molecule has 0 aromatic heterocycles. The van der Waals surface area contributed by atoms with E-state index in [-0.39, 0.29) is 57.1 Å². The van der Waals surface area contributed by atoms with Crippen LogP contribution in [-0.2, 0) is 12.8 Å². The number of nitrogens with zero attached hydrogens (tertiary/aromatic N) is 2. The van der Waals surface area contributed by atoms with E-state index in [1.807, 2.05) is 55.6 Å². The van der Waals surface area contributed by atoms with Crippen molar-refractivity contribution in [3.63, 3.8) is 0 Å². The third-order valence-corrected chi connectivity index (χ3v) is 7.55. The van der Waals surface area contributed by atoms with E-state index in [0.717, 1.165) is 68.0 Å². The van der Waals surface area contributed by atoms with Gasteiger partial charge in [0.05, 0.1) is 12.3 Å². The third-order valence-electron chi connectivity index (χ3n) is 7.55. The Balaban J connectivity index is 0.000000546. The molecule has 4 aromatic rings. The predicted octanol–water partition coefficient (Wildman–Crippen LogP) is 6.07. The summed E-state index contributed by atoms with van der Waals surface area (Å²) in [4.78, 5) is 4.85. The zero-order chi connectivity index (χ0) is 32.8. The van der Waals surface area contributed by atoms with Crippen molar-refractivity contribution in [2.45, 2.75) is 46.5 Å². The number of ether oxygens (including phenoxy) is 1. The molecule has 0 amide bonds. The molecule has 5 rings (SSSR count). The molecule has 0 bridgehead atoms. The van der Waals surface area contributed by atoms with Crippen LogP contribution in [0.5, 0.6) is 11.5 Å². The van der Waals surface area contributed by atoms with Gasteiger partial charge in [0.15, 0.2) is 0 Å². The van der Waals surface area contributed by atoms with Gasteiger partial charge in [0.1, 0.15) is 11.5 Å². The normalized spacial score (nSPS) is 13.0. The van der Waals surface area contributed by atoms with Gasteiger partial charge in [0, 0.05) is 30.1 Å². The molecule has 1 aliphatic rings. The summed E-state index contributed by atoms with van der Waals surface area (Å²) in [7, 11) is 1.81. The Morgan fingerprint density at radius 2 is 1.51 bits per heavy atom. The Kier molecular flexibility index (Phi) is 21.0. The molecule has 1 heterocycles. The molecular formula is C40H51KN4O2. The van der Waals surface area contributed by atoms with Crippen LogP contribution in [0, 0.1) is 12.8 Å². The standard InChI is InChI=1S/C30H35N3O2.C7H8.C3H8N.K/c1-2-23-3-5-24(6-4-23)17-20-35-29-13-7-26(8-14-29)30(33-21-25-15-18-31-19-16-25)22-32-27-9-11-28(34)12-10-27;1-7-5-3-2-4-6-7;1-3-4-2;/h3-14,21-22,25,31-32,34H,2,15-20H2,1H3;2-6H,1H3;3H2,1-2H3;/q;;-1;+1/b30-22-,33-21?;;;. The fourth-order valence-corrected chi connectivity index (χ4v) is 4.57. The van der Waals surface area contributed by atoms with Crippen LogP contribution < -0.4 is 66.8 Å². The van der Waals surface area contributed by atoms with Crippen LogP contribution in [0.4, 0.5) is 5.69 Å². The van der Waals surface area contributed by atoms with Crippen molar-refractivity contribution >= 4 is 17.6 Å². The summed E-state index contributed by atoms with van der Waals surface area (Å²) in [6.07, 6.45) is 8.16. The summed E-state index contributed by atoms with van der Waals surface area (Å²) in [6, 6.07) is 34.1. The van der Waals surface area contributed by atoms with Crippen molar-refractivity contribution in [2.75, 3.05) is 38.6 Å². The Bertz CT molecular complexity index is 1420. The maximum atomic E-state index is 9.53. The molecule has 7 heteroatoms. The second-order valence-corrected chi connectivity index (χ2v) is 11.2. The van der Waals surface area contributed by atoms with Gasteiger partial charge < -0.3 is 25.8 Å². The van der Waals surface area contributed by atoms with E-state index in [4.69, 9.17) is 9.73 Å². The number of hydrogen-bond acceptors (Lipinski definition) is 5. The van der Waals surface area contributed by atoms with Gasteiger partial charge in [-0.05, 0) is 105 Å². The number of aryl methyl sites for hydroxylation is 2. The van der Waals surface area contributed by atoms with Crippen LogP contribution >= 0.6 is 0 Å². The maximum Gasteiger partial charge on any atom is 1.00 e. The van der Waals surface area contributed by atoms with Gasteiger partial charge in [-0.1, -0.05) is 74.0 Å². The molecule has 1 fully saturated rings. The van der Waals surface area contributed by atoms with E-state index in [1.54, 1.807) is 19.2 Å². The second kappa shape index (κ2) is 24.4. The molecule has 3 N–H and O–H groups in total. The molecule has 0 atom stereocenters. The van der Waals surface area contributed by atoms with Gasteiger partial charge in [-0.3, -0.25) is 4.99 Å². The van der Waals surface area contributed by atoms with E-state index in [1.165, 1.54) is 16.7 Å².